The molecule has 1 aromatic carbocycles. The average molecular weight is 239 g/mol. The van der Waals surface area contributed by atoms with Crippen LogP contribution < -0.4 is 5.32 Å². The fraction of sp³-hybridized carbons (Fsp3) is 0.417. The van der Waals surface area contributed by atoms with Gasteiger partial charge in [0.2, 0.25) is 0 Å². The summed E-state index contributed by atoms with van der Waals surface area (Å²) in [5.74, 6) is 0. The van der Waals surface area contributed by atoms with Gasteiger partial charge in [-0.1, -0.05) is 11.6 Å². The normalized spacial score (nSPS) is 10.9. The van der Waals surface area contributed by atoms with Crippen LogP contribution in [0.2, 0.25) is 5.02 Å². The SMILES string of the molecule is CC(C)(CCO)Nc1ccc(C#N)c(Cl)c1. The lowest BCUT2D eigenvalue weighted by molar-refractivity contribution is 0.261. The van der Waals surface area contributed by atoms with Crippen molar-refractivity contribution in [2.45, 2.75) is 25.8 Å². The van der Waals surface area contributed by atoms with Crippen molar-refractivity contribution in [3.63, 3.8) is 0 Å². The molecule has 0 heterocycles. The lowest BCUT2D eigenvalue weighted by atomic mass is 10.0. The zero-order valence-electron chi connectivity index (χ0n) is 9.42. The van der Waals surface area contributed by atoms with Gasteiger partial charge in [0.05, 0.1) is 10.6 Å². The molecule has 0 aliphatic heterocycles. The predicted molar refractivity (Wildman–Crippen MR) is 65.6 cm³/mol. The lowest BCUT2D eigenvalue weighted by Crippen LogP contribution is -2.31. The molecule has 0 amide bonds. The monoisotopic (exact) mass is 238 g/mol. The van der Waals surface area contributed by atoms with Crippen LogP contribution in [0.5, 0.6) is 0 Å². The molecule has 0 aliphatic rings. The number of aliphatic hydroxyl groups excluding tert-OH is 1. The minimum Gasteiger partial charge on any atom is -0.396 e. The highest BCUT2D eigenvalue weighted by atomic mass is 35.5. The summed E-state index contributed by atoms with van der Waals surface area (Å²) in [6, 6.07) is 7.22. The van der Waals surface area contributed by atoms with Gasteiger partial charge < -0.3 is 10.4 Å². The van der Waals surface area contributed by atoms with Gasteiger partial charge in [0.1, 0.15) is 6.07 Å². The van der Waals surface area contributed by atoms with Gasteiger partial charge in [0.25, 0.3) is 0 Å². The number of hydrogen-bond acceptors (Lipinski definition) is 3. The van der Waals surface area contributed by atoms with E-state index in [1.807, 2.05) is 26.0 Å². The molecule has 2 N–H and O–H groups in total. The summed E-state index contributed by atoms with van der Waals surface area (Å²) < 4.78 is 0. The molecule has 0 saturated carbocycles. The molecule has 1 aromatic rings. The summed E-state index contributed by atoms with van der Waals surface area (Å²) in [5.41, 5.74) is 1.11. The van der Waals surface area contributed by atoms with Gasteiger partial charge in [-0.25, -0.2) is 0 Å². The van der Waals surface area contributed by atoms with E-state index < -0.39 is 0 Å². The number of hydrogen-bond donors (Lipinski definition) is 2. The maximum atomic E-state index is 8.91. The largest absolute Gasteiger partial charge is 0.396 e. The number of rotatable bonds is 4. The van der Waals surface area contributed by atoms with Crippen molar-refractivity contribution in [3.8, 4) is 6.07 Å². The Balaban J connectivity index is 2.84. The first-order valence-electron chi connectivity index (χ1n) is 5.07. The molecule has 1 rings (SSSR count). The van der Waals surface area contributed by atoms with Crippen molar-refractivity contribution < 1.29 is 5.11 Å². The Morgan fingerprint density at radius 3 is 2.69 bits per heavy atom. The van der Waals surface area contributed by atoms with Crippen molar-refractivity contribution in [1.82, 2.24) is 0 Å². The summed E-state index contributed by atoms with van der Waals surface area (Å²) in [6.45, 7) is 4.12. The van der Waals surface area contributed by atoms with E-state index in [4.69, 9.17) is 22.0 Å². The Hall–Kier alpha value is -1.24. The first kappa shape index (κ1) is 12.8. The average Bonchev–Trinajstić information content (AvgIpc) is 2.17. The molecule has 0 saturated heterocycles. The van der Waals surface area contributed by atoms with Crippen molar-refractivity contribution in [2.75, 3.05) is 11.9 Å². The lowest BCUT2D eigenvalue weighted by Gasteiger charge is -2.26. The Bertz CT molecular complexity index is 410. The van der Waals surface area contributed by atoms with E-state index in [2.05, 4.69) is 5.32 Å². The Kier molecular flexibility index (Phi) is 4.17. The maximum absolute atomic E-state index is 8.91. The third-order valence-corrected chi connectivity index (χ3v) is 2.62. The van der Waals surface area contributed by atoms with Gasteiger partial charge in [-0.2, -0.15) is 5.26 Å². The van der Waals surface area contributed by atoms with E-state index in [9.17, 15) is 0 Å². The van der Waals surface area contributed by atoms with Crippen LogP contribution in [0, 0.1) is 11.3 Å². The number of benzene rings is 1. The number of nitrogens with zero attached hydrogens (tertiary/aromatic N) is 1. The van der Waals surface area contributed by atoms with Crippen LogP contribution in [-0.2, 0) is 0 Å². The second-order valence-corrected chi connectivity index (χ2v) is 4.70. The van der Waals surface area contributed by atoms with E-state index in [-0.39, 0.29) is 12.1 Å². The predicted octanol–water partition coefficient (Wildman–Crippen LogP) is 2.78. The van der Waals surface area contributed by atoms with Crippen molar-refractivity contribution in [1.29, 1.82) is 5.26 Å². The standard InChI is InChI=1S/C12H15ClN2O/c1-12(2,5-6-16)15-10-4-3-9(8-14)11(13)7-10/h3-4,7,15-16H,5-6H2,1-2H3. The number of anilines is 1. The fourth-order valence-corrected chi connectivity index (χ4v) is 1.64. The molecule has 0 atom stereocenters. The second kappa shape index (κ2) is 5.20. The topological polar surface area (TPSA) is 56.0 Å². The van der Waals surface area contributed by atoms with E-state index in [0.717, 1.165) is 5.69 Å². The quantitative estimate of drug-likeness (QED) is 0.848. The first-order chi connectivity index (χ1) is 7.48. The third-order valence-electron chi connectivity index (χ3n) is 2.31. The van der Waals surface area contributed by atoms with E-state index in [1.54, 1.807) is 12.1 Å². The highest BCUT2D eigenvalue weighted by Crippen LogP contribution is 2.23. The summed E-state index contributed by atoms with van der Waals surface area (Å²) in [5, 5.41) is 21.3. The van der Waals surface area contributed by atoms with Gasteiger partial charge >= 0.3 is 0 Å². The molecule has 4 heteroatoms. The van der Waals surface area contributed by atoms with E-state index in [1.165, 1.54) is 0 Å². The van der Waals surface area contributed by atoms with Crippen molar-refractivity contribution in [2.24, 2.45) is 0 Å². The van der Waals surface area contributed by atoms with Crippen LogP contribution in [0.25, 0.3) is 0 Å². The van der Waals surface area contributed by atoms with Crippen LogP contribution >= 0.6 is 11.6 Å². The molecule has 86 valence electrons. The second-order valence-electron chi connectivity index (χ2n) is 4.29. The summed E-state index contributed by atoms with van der Waals surface area (Å²) in [7, 11) is 0. The molecule has 0 spiro atoms. The summed E-state index contributed by atoms with van der Waals surface area (Å²) >= 11 is 5.92. The Morgan fingerprint density at radius 1 is 1.50 bits per heavy atom. The third kappa shape index (κ3) is 3.41. The number of halogens is 1. The van der Waals surface area contributed by atoms with Gasteiger partial charge in [-0.3, -0.25) is 0 Å². The minimum atomic E-state index is -0.202. The molecule has 0 aliphatic carbocycles. The van der Waals surface area contributed by atoms with Crippen molar-refractivity contribution in [3.05, 3.63) is 28.8 Å². The molecule has 3 nitrogen and oxygen atoms in total. The fourth-order valence-electron chi connectivity index (χ4n) is 1.42. The van der Waals surface area contributed by atoms with Crippen LogP contribution in [0.15, 0.2) is 18.2 Å². The molecule has 0 unspecified atom stereocenters. The van der Waals surface area contributed by atoms with E-state index in [0.29, 0.717) is 17.0 Å². The number of aliphatic hydroxyl groups is 1. The molecule has 0 aromatic heterocycles. The summed E-state index contributed by atoms with van der Waals surface area (Å²) in [4.78, 5) is 0. The Labute approximate surface area is 101 Å². The number of nitriles is 1. The van der Waals surface area contributed by atoms with Crippen LogP contribution in [0.1, 0.15) is 25.8 Å². The molecule has 0 bridgehead atoms. The highest BCUT2D eigenvalue weighted by Gasteiger charge is 2.16. The molecular weight excluding hydrogens is 224 g/mol. The highest BCUT2D eigenvalue weighted by molar-refractivity contribution is 6.32. The molecule has 16 heavy (non-hydrogen) atoms. The van der Waals surface area contributed by atoms with Crippen LogP contribution in [0.3, 0.4) is 0 Å². The first-order valence-corrected chi connectivity index (χ1v) is 5.45. The molecular formula is C12H15ClN2O. The van der Waals surface area contributed by atoms with Gasteiger partial charge in [-0.05, 0) is 38.5 Å². The maximum Gasteiger partial charge on any atom is 0.101 e. The minimum absolute atomic E-state index is 0.129. The summed E-state index contributed by atoms with van der Waals surface area (Å²) in [6.07, 6.45) is 0.643. The van der Waals surface area contributed by atoms with E-state index >= 15 is 0 Å². The number of nitrogens with one attached hydrogen (secondary N) is 1. The zero-order chi connectivity index (χ0) is 12.2. The molecule has 0 radical (unpaired) electrons. The zero-order valence-corrected chi connectivity index (χ0v) is 10.2. The van der Waals surface area contributed by atoms with Gasteiger partial charge in [-0.15, -0.1) is 0 Å². The van der Waals surface area contributed by atoms with Gasteiger partial charge in [0, 0.05) is 17.8 Å². The van der Waals surface area contributed by atoms with Crippen LogP contribution in [-0.4, -0.2) is 17.3 Å². The smallest absolute Gasteiger partial charge is 0.101 e. The Morgan fingerprint density at radius 2 is 2.19 bits per heavy atom. The van der Waals surface area contributed by atoms with Crippen molar-refractivity contribution >= 4 is 17.3 Å². The van der Waals surface area contributed by atoms with Crippen LogP contribution in [0.4, 0.5) is 5.69 Å². The molecule has 0 fully saturated rings. The van der Waals surface area contributed by atoms with Gasteiger partial charge in [0.15, 0.2) is 0 Å².